The Hall–Kier alpha value is -2.04. The Balaban J connectivity index is 2.20. The van der Waals surface area contributed by atoms with E-state index in [1.165, 1.54) is 0 Å². The molecule has 1 fully saturated rings. The van der Waals surface area contributed by atoms with Gasteiger partial charge in [-0.25, -0.2) is 0 Å². The molecular formula is C22H34N2O3. The van der Waals surface area contributed by atoms with Crippen molar-refractivity contribution >= 4 is 11.8 Å². The van der Waals surface area contributed by atoms with Crippen LogP contribution in [0, 0.1) is 0 Å². The largest absolute Gasteiger partial charge is 0.507 e. The molecule has 2 rings (SSSR count). The SMILES string of the molecule is CC(C)(C)c1cc(CCC(=O)N2CCNC(=O)CC2)cc(C(C)(C)C)c1O. The number of amides is 2. The molecule has 150 valence electrons. The smallest absolute Gasteiger partial charge is 0.222 e. The second-order valence-corrected chi connectivity index (χ2v) is 9.52. The van der Waals surface area contributed by atoms with Crippen LogP contribution >= 0.6 is 0 Å². The Morgan fingerprint density at radius 2 is 1.63 bits per heavy atom. The minimum absolute atomic E-state index is 0.00784. The van der Waals surface area contributed by atoms with Crippen molar-refractivity contribution in [3.63, 3.8) is 0 Å². The van der Waals surface area contributed by atoms with Gasteiger partial charge in [0.05, 0.1) is 0 Å². The molecule has 27 heavy (non-hydrogen) atoms. The third-order valence-electron chi connectivity index (χ3n) is 5.08. The third-order valence-corrected chi connectivity index (χ3v) is 5.08. The van der Waals surface area contributed by atoms with Gasteiger partial charge in [-0.2, -0.15) is 0 Å². The van der Waals surface area contributed by atoms with Crippen LogP contribution < -0.4 is 5.32 Å². The summed E-state index contributed by atoms with van der Waals surface area (Å²) >= 11 is 0. The summed E-state index contributed by atoms with van der Waals surface area (Å²) in [5.74, 6) is 0.449. The fraction of sp³-hybridized carbons (Fsp3) is 0.636. The Morgan fingerprint density at radius 1 is 1.07 bits per heavy atom. The fourth-order valence-electron chi connectivity index (χ4n) is 3.41. The number of hydrogen-bond donors (Lipinski definition) is 2. The van der Waals surface area contributed by atoms with Crippen LogP contribution in [-0.4, -0.2) is 41.5 Å². The first-order valence-corrected chi connectivity index (χ1v) is 9.81. The highest BCUT2D eigenvalue weighted by Crippen LogP contribution is 2.40. The summed E-state index contributed by atoms with van der Waals surface area (Å²) in [6, 6.07) is 4.07. The van der Waals surface area contributed by atoms with Crippen molar-refractivity contribution in [1.29, 1.82) is 0 Å². The molecule has 5 nitrogen and oxygen atoms in total. The van der Waals surface area contributed by atoms with E-state index in [4.69, 9.17) is 0 Å². The number of phenols is 1. The van der Waals surface area contributed by atoms with Crippen LogP contribution in [-0.2, 0) is 26.8 Å². The van der Waals surface area contributed by atoms with Gasteiger partial charge in [0.25, 0.3) is 0 Å². The zero-order chi connectivity index (χ0) is 20.4. The number of benzene rings is 1. The molecule has 0 saturated carbocycles. The standard InChI is InChI=1S/C22H34N2O3/c1-21(2,3)16-13-15(14-17(20(16)27)22(4,5)6)7-8-19(26)24-11-9-18(25)23-10-12-24/h13-14,27H,7-12H2,1-6H3,(H,23,25). The Kier molecular flexibility index (Phi) is 6.23. The number of aryl methyl sites for hydroxylation is 1. The lowest BCUT2D eigenvalue weighted by atomic mass is 9.78. The number of rotatable bonds is 3. The zero-order valence-electron chi connectivity index (χ0n) is 17.6. The highest BCUT2D eigenvalue weighted by molar-refractivity contribution is 5.80. The van der Waals surface area contributed by atoms with E-state index in [0.29, 0.717) is 44.6 Å². The molecule has 1 aliphatic heterocycles. The summed E-state index contributed by atoms with van der Waals surface area (Å²) < 4.78 is 0. The van der Waals surface area contributed by atoms with Crippen LogP contribution in [0.25, 0.3) is 0 Å². The molecule has 0 aromatic heterocycles. The first-order chi connectivity index (χ1) is 12.4. The van der Waals surface area contributed by atoms with Crippen LogP contribution in [0.3, 0.4) is 0 Å². The number of nitrogens with zero attached hydrogens (tertiary/aromatic N) is 1. The molecule has 1 saturated heterocycles. The molecule has 1 aromatic rings. The van der Waals surface area contributed by atoms with Crippen molar-refractivity contribution in [3.8, 4) is 5.75 Å². The summed E-state index contributed by atoms with van der Waals surface area (Å²) in [5, 5.41) is 13.6. The zero-order valence-corrected chi connectivity index (χ0v) is 17.6. The predicted octanol–water partition coefficient (Wildman–Crippen LogP) is 3.27. The lowest BCUT2D eigenvalue weighted by Crippen LogP contribution is -2.34. The number of carbonyl (C=O) groups excluding carboxylic acids is 2. The van der Waals surface area contributed by atoms with Gasteiger partial charge in [0, 0.05) is 32.5 Å². The first-order valence-electron chi connectivity index (χ1n) is 9.81. The molecule has 0 spiro atoms. The second kappa shape index (κ2) is 7.91. The van der Waals surface area contributed by atoms with E-state index in [0.717, 1.165) is 16.7 Å². The molecule has 0 bridgehead atoms. The summed E-state index contributed by atoms with van der Waals surface area (Å²) in [5.41, 5.74) is 2.55. The quantitative estimate of drug-likeness (QED) is 0.853. The van der Waals surface area contributed by atoms with Gasteiger partial charge < -0.3 is 15.3 Å². The second-order valence-electron chi connectivity index (χ2n) is 9.52. The average molecular weight is 375 g/mol. The molecule has 5 heteroatoms. The number of aromatic hydroxyl groups is 1. The van der Waals surface area contributed by atoms with Gasteiger partial charge in [-0.15, -0.1) is 0 Å². The van der Waals surface area contributed by atoms with E-state index in [1.54, 1.807) is 4.90 Å². The van der Waals surface area contributed by atoms with Gasteiger partial charge in [-0.3, -0.25) is 9.59 Å². The van der Waals surface area contributed by atoms with Gasteiger partial charge >= 0.3 is 0 Å². The number of nitrogens with one attached hydrogen (secondary N) is 1. The van der Waals surface area contributed by atoms with E-state index >= 15 is 0 Å². The normalized spacial score (nSPS) is 16.1. The third kappa shape index (κ3) is 5.47. The fourth-order valence-corrected chi connectivity index (χ4v) is 3.41. The molecule has 0 unspecified atom stereocenters. The molecule has 0 radical (unpaired) electrons. The van der Waals surface area contributed by atoms with E-state index in [-0.39, 0.29) is 22.6 Å². The van der Waals surface area contributed by atoms with Crippen molar-refractivity contribution < 1.29 is 14.7 Å². The van der Waals surface area contributed by atoms with Gasteiger partial charge in [0.15, 0.2) is 0 Å². The Labute approximate surface area is 163 Å². The molecule has 0 atom stereocenters. The molecular weight excluding hydrogens is 340 g/mol. The highest BCUT2D eigenvalue weighted by atomic mass is 16.3. The summed E-state index contributed by atoms with van der Waals surface area (Å²) in [6.07, 6.45) is 1.41. The van der Waals surface area contributed by atoms with Crippen molar-refractivity contribution in [2.24, 2.45) is 0 Å². The van der Waals surface area contributed by atoms with Gasteiger partial charge in [0.2, 0.25) is 11.8 Å². The van der Waals surface area contributed by atoms with E-state index in [9.17, 15) is 14.7 Å². The van der Waals surface area contributed by atoms with Crippen LogP contribution in [0.2, 0.25) is 0 Å². The summed E-state index contributed by atoms with van der Waals surface area (Å²) in [6.45, 7) is 14.1. The predicted molar refractivity (Wildman–Crippen MR) is 108 cm³/mol. The summed E-state index contributed by atoms with van der Waals surface area (Å²) in [7, 11) is 0. The number of carbonyl (C=O) groups is 2. The van der Waals surface area contributed by atoms with Crippen LogP contribution in [0.1, 0.15) is 71.1 Å². The molecule has 1 aliphatic rings. The van der Waals surface area contributed by atoms with Crippen molar-refractivity contribution in [2.75, 3.05) is 19.6 Å². The van der Waals surface area contributed by atoms with E-state index in [2.05, 4.69) is 46.9 Å². The lowest BCUT2D eigenvalue weighted by Gasteiger charge is -2.28. The van der Waals surface area contributed by atoms with E-state index in [1.807, 2.05) is 12.1 Å². The van der Waals surface area contributed by atoms with Crippen LogP contribution in [0.4, 0.5) is 0 Å². The topological polar surface area (TPSA) is 69.6 Å². The first kappa shape index (κ1) is 21.3. The minimum atomic E-state index is -0.180. The Morgan fingerprint density at radius 3 is 2.15 bits per heavy atom. The molecule has 1 heterocycles. The minimum Gasteiger partial charge on any atom is -0.507 e. The number of phenolic OH excluding ortho intramolecular Hbond substituents is 1. The van der Waals surface area contributed by atoms with Crippen molar-refractivity contribution in [3.05, 3.63) is 28.8 Å². The summed E-state index contributed by atoms with van der Waals surface area (Å²) in [4.78, 5) is 25.8. The molecule has 2 N–H and O–H groups in total. The molecule has 0 aliphatic carbocycles. The van der Waals surface area contributed by atoms with Gasteiger partial charge in [0.1, 0.15) is 5.75 Å². The maximum absolute atomic E-state index is 12.6. The average Bonchev–Trinajstić information content (AvgIpc) is 2.76. The maximum Gasteiger partial charge on any atom is 0.222 e. The van der Waals surface area contributed by atoms with Gasteiger partial charge in [-0.1, -0.05) is 53.7 Å². The Bertz CT molecular complexity index is 676. The van der Waals surface area contributed by atoms with Crippen LogP contribution in [0.15, 0.2) is 12.1 Å². The lowest BCUT2D eigenvalue weighted by molar-refractivity contribution is -0.131. The number of hydrogen-bond acceptors (Lipinski definition) is 3. The van der Waals surface area contributed by atoms with E-state index < -0.39 is 0 Å². The van der Waals surface area contributed by atoms with Crippen molar-refractivity contribution in [2.45, 2.75) is 71.6 Å². The molecule has 1 aromatic carbocycles. The van der Waals surface area contributed by atoms with Crippen LogP contribution in [0.5, 0.6) is 5.75 Å². The monoisotopic (exact) mass is 374 g/mol. The highest BCUT2D eigenvalue weighted by Gasteiger charge is 2.27. The maximum atomic E-state index is 12.6. The van der Waals surface area contributed by atoms with Gasteiger partial charge in [-0.05, 0) is 33.9 Å². The van der Waals surface area contributed by atoms with Crippen molar-refractivity contribution in [1.82, 2.24) is 10.2 Å². The molecule has 2 amide bonds.